The van der Waals surface area contributed by atoms with Crippen molar-refractivity contribution in [3.8, 4) is 0 Å². The number of carbonyl (C=O) groups is 1. The first kappa shape index (κ1) is 14.8. The van der Waals surface area contributed by atoms with E-state index in [2.05, 4.69) is 15.5 Å². The van der Waals surface area contributed by atoms with Gasteiger partial charge in [0.25, 0.3) is 0 Å². The second kappa shape index (κ2) is 5.78. The first-order valence-electron chi connectivity index (χ1n) is 6.95. The Morgan fingerprint density at radius 2 is 2.35 bits per heavy atom. The normalized spacial score (nSPS) is 23.1. The maximum atomic E-state index is 11.5. The summed E-state index contributed by atoms with van der Waals surface area (Å²) < 4.78 is 5.24. The fourth-order valence-electron chi connectivity index (χ4n) is 2.40. The van der Waals surface area contributed by atoms with Crippen LogP contribution in [0, 0.1) is 0 Å². The van der Waals surface area contributed by atoms with Crippen LogP contribution >= 0.6 is 0 Å². The molecule has 0 spiro atoms. The monoisotopic (exact) mass is 282 g/mol. The Hall–Kier alpha value is -1.63. The summed E-state index contributed by atoms with van der Waals surface area (Å²) in [6.45, 7) is 5.06. The van der Waals surface area contributed by atoms with Gasteiger partial charge in [-0.2, -0.15) is 4.98 Å². The van der Waals surface area contributed by atoms with Crippen molar-refractivity contribution in [3.05, 3.63) is 5.82 Å². The van der Waals surface area contributed by atoms with Crippen LogP contribution in [-0.4, -0.2) is 46.9 Å². The molecule has 7 nitrogen and oxygen atoms in total. The van der Waals surface area contributed by atoms with E-state index in [1.165, 1.54) is 0 Å². The second-order valence-corrected chi connectivity index (χ2v) is 5.69. The molecule has 2 rings (SSSR count). The first-order chi connectivity index (χ1) is 9.43. The van der Waals surface area contributed by atoms with E-state index in [-0.39, 0.29) is 18.2 Å². The zero-order valence-electron chi connectivity index (χ0n) is 12.2. The summed E-state index contributed by atoms with van der Waals surface area (Å²) in [5.41, 5.74) is -1.04. The van der Waals surface area contributed by atoms with Crippen LogP contribution in [0.5, 0.6) is 0 Å². The molecule has 20 heavy (non-hydrogen) atoms. The third kappa shape index (κ3) is 3.27. The summed E-state index contributed by atoms with van der Waals surface area (Å²) in [5.74, 6) is 0.685. The van der Waals surface area contributed by atoms with Crippen LogP contribution in [0.25, 0.3) is 0 Å². The predicted molar refractivity (Wildman–Crippen MR) is 73.5 cm³/mol. The lowest BCUT2D eigenvalue weighted by molar-refractivity contribution is -0.126. The molecule has 1 aliphatic heterocycles. The minimum Gasteiger partial charge on any atom is -0.387 e. The molecule has 1 aromatic heterocycles. The van der Waals surface area contributed by atoms with E-state index in [1.807, 2.05) is 18.7 Å². The summed E-state index contributed by atoms with van der Waals surface area (Å²) in [4.78, 5) is 17.7. The zero-order valence-corrected chi connectivity index (χ0v) is 12.2. The highest BCUT2D eigenvalue weighted by molar-refractivity contribution is 5.76. The van der Waals surface area contributed by atoms with Crippen LogP contribution in [0.15, 0.2) is 4.52 Å². The fraction of sp³-hybridized carbons (Fsp3) is 0.769. The van der Waals surface area contributed by atoms with Gasteiger partial charge in [-0.05, 0) is 12.8 Å². The molecule has 1 saturated heterocycles. The van der Waals surface area contributed by atoms with E-state index >= 15 is 0 Å². The number of amides is 1. The van der Waals surface area contributed by atoms with E-state index in [1.54, 1.807) is 7.05 Å². The lowest BCUT2D eigenvalue weighted by Gasteiger charge is -2.37. The molecular weight excluding hydrogens is 260 g/mol. The van der Waals surface area contributed by atoms with Gasteiger partial charge in [-0.25, -0.2) is 0 Å². The average molecular weight is 282 g/mol. The van der Waals surface area contributed by atoms with Crippen LogP contribution in [0.1, 0.15) is 44.9 Å². The van der Waals surface area contributed by atoms with Gasteiger partial charge in [0, 0.05) is 19.5 Å². The number of aliphatic hydroxyl groups is 1. The SMILES string of the molecule is CNC(=O)CC1(O)CCCN(c2nc(C(C)C)no2)C1. The van der Waals surface area contributed by atoms with E-state index in [0.29, 0.717) is 24.8 Å². The molecular formula is C13H22N4O3. The first-order valence-corrected chi connectivity index (χ1v) is 6.95. The molecule has 1 aliphatic rings. The maximum Gasteiger partial charge on any atom is 0.324 e. The topological polar surface area (TPSA) is 91.5 Å². The molecule has 112 valence electrons. The van der Waals surface area contributed by atoms with E-state index in [0.717, 1.165) is 13.0 Å². The predicted octanol–water partition coefficient (Wildman–Crippen LogP) is 0.660. The zero-order chi connectivity index (χ0) is 14.8. The lowest BCUT2D eigenvalue weighted by Crippen LogP contribution is -2.50. The fourth-order valence-corrected chi connectivity index (χ4v) is 2.40. The van der Waals surface area contributed by atoms with Gasteiger partial charge >= 0.3 is 6.01 Å². The van der Waals surface area contributed by atoms with Gasteiger partial charge in [-0.15, -0.1) is 0 Å². The molecule has 0 radical (unpaired) electrons. The Balaban J connectivity index is 2.07. The molecule has 0 aliphatic carbocycles. The summed E-state index contributed by atoms with van der Waals surface area (Å²) in [6.07, 6.45) is 1.47. The average Bonchev–Trinajstić information content (AvgIpc) is 2.88. The molecule has 0 saturated carbocycles. The van der Waals surface area contributed by atoms with Gasteiger partial charge in [0.15, 0.2) is 5.82 Å². The second-order valence-electron chi connectivity index (χ2n) is 5.69. The number of nitrogens with one attached hydrogen (secondary N) is 1. The number of hydrogen-bond acceptors (Lipinski definition) is 6. The molecule has 2 heterocycles. The lowest BCUT2D eigenvalue weighted by atomic mass is 9.89. The van der Waals surface area contributed by atoms with Crippen molar-refractivity contribution >= 4 is 11.9 Å². The van der Waals surface area contributed by atoms with Crippen molar-refractivity contribution in [1.29, 1.82) is 0 Å². The van der Waals surface area contributed by atoms with Crippen molar-refractivity contribution in [1.82, 2.24) is 15.5 Å². The van der Waals surface area contributed by atoms with Gasteiger partial charge in [0.2, 0.25) is 5.91 Å². The molecule has 1 unspecified atom stereocenters. The minimum atomic E-state index is -1.04. The van der Waals surface area contributed by atoms with Crippen LogP contribution < -0.4 is 10.2 Å². The highest BCUT2D eigenvalue weighted by Crippen LogP contribution is 2.28. The summed E-state index contributed by atoms with van der Waals surface area (Å²) in [5, 5.41) is 17.0. The summed E-state index contributed by atoms with van der Waals surface area (Å²) >= 11 is 0. The van der Waals surface area contributed by atoms with Crippen molar-refractivity contribution < 1.29 is 14.4 Å². The largest absolute Gasteiger partial charge is 0.387 e. The van der Waals surface area contributed by atoms with Gasteiger partial charge in [0.1, 0.15) is 0 Å². The molecule has 1 amide bonds. The van der Waals surface area contributed by atoms with Gasteiger partial charge in [-0.3, -0.25) is 4.79 Å². The molecule has 7 heteroatoms. The summed E-state index contributed by atoms with van der Waals surface area (Å²) in [6, 6.07) is 0.420. The Kier molecular flexibility index (Phi) is 4.27. The third-order valence-electron chi connectivity index (χ3n) is 3.54. The van der Waals surface area contributed by atoms with Crippen LogP contribution in [-0.2, 0) is 4.79 Å². The Morgan fingerprint density at radius 1 is 1.60 bits per heavy atom. The smallest absolute Gasteiger partial charge is 0.324 e. The molecule has 1 aromatic rings. The number of β-amino-alcohol motifs (C(OH)–C–C–N with tert-alkyl or cyclic N) is 1. The number of hydrogen-bond donors (Lipinski definition) is 2. The summed E-state index contributed by atoms with van der Waals surface area (Å²) in [7, 11) is 1.57. The van der Waals surface area contributed by atoms with Crippen LogP contribution in [0.3, 0.4) is 0 Å². The van der Waals surface area contributed by atoms with Crippen molar-refractivity contribution in [2.75, 3.05) is 25.0 Å². The van der Waals surface area contributed by atoms with Gasteiger partial charge in [0.05, 0.1) is 18.6 Å². The van der Waals surface area contributed by atoms with Crippen LogP contribution in [0.4, 0.5) is 6.01 Å². The third-order valence-corrected chi connectivity index (χ3v) is 3.54. The highest BCUT2D eigenvalue weighted by atomic mass is 16.5. The molecule has 0 aromatic carbocycles. The number of rotatable bonds is 4. The Morgan fingerprint density at radius 3 is 2.95 bits per heavy atom. The molecule has 2 N–H and O–H groups in total. The number of piperidine rings is 1. The standard InChI is InChI=1S/C13H22N4O3/c1-9(2)11-15-12(20-16-11)17-6-4-5-13(19,8-17)7-10(18)14-3/h9,19H,4-8H2,1-3H3,(H,14,18). The minimum absolute atomic E-state index is 0.0885. The van der Waals surface area contributed by atoms with Crippen LogP contribution in [0.2, 0.25) is 0 Å². The highest BCUT2D eigenvalue weighted by Gasteiger charge is 2.36. The number of carbonyl (C=O) groups excluding carboxylic acids is 1. The van der Waals surface area contributed by atoms with E-state index in [9.17, 15) is 9.90 Å². The number of nitrogens with zero attached hydrogens (tertiary/aromatic N) is 3. The van der Waals surface area contributed by atoms with Crippen molar-refractivity contribution in [2.45, 2.75) is 44.6 Å². The van der Waals surface area contributed by atoms with Gasteiger partial charge < -0.3 is 19.8 Å². The van der Waals surface area contributed by atoms with E-state index < -0.39 is 5.60 Å². The van der Waals surface area contributed by atoms with Crippen molar-refractivity contribution in [2.24, 2.45) is 0 Å². The quantitative estimate of drug-likeness (QED) is 0.843. The molecule has 1 atom stereocenters. The molecule has 0 bridgehead atoms. The molecule has 1 fully saturated rings. The Labute approximate surface area is 118 Å². The Bertz CT molecular complexity index is 474. The van der Waals surface area contributed by atoms with Crippen molar-refractivity contribution in [3.63, 3.8) is 0 Å². The number of anilines is 1. The maximum absolute atomic E-state index is 11.5. The number of aromatic nitrogens is 2. The van der Waals surface area contributed by atoms with E-state index in [4.69, 9.17) is 4.52 Å². The van der Waals surface area contributed by atoms with Gasteiger partial charge in [-0.1, -0.05) is 19.0 Å².